The molecule has 1 aromatic rings. The van der Waals surface area contributed by atoms with Crippen LogP contribution >= 0.6 is 0 Å². The average molecular weight is 247 g/mol. The van der Waals surface area contributed by atoms with Gasteiger partial charge in [0.05, 0.1) is 6.61 Å². The Kier molecular flexibility index (Phi) is 5.37. The molecule has 1 N–H and O–H groups in total. The molecule has 1 saturated carbocycles. The highest BCUT2D eigenvalue weighted by Gasteiger charge is 2.10. The van der Waals surface area contributed by atoms with Gasteiger partial charge in [0.15, 0.2) is 0 Å². The highest BCUT2D eigenvalue weighted by Crippen LogP contribution is 2.22. The van der Waals surface area contributed by atoms with Crippen LogP contribution in [0.4, 0.5) is 5.69 Å². The number of ether oxygens (including phenoxy) is 1. The normalized spacial score (nSPS) is 17.8. The molecule has 1 aromatic carbocycles. The molecule has 0 saturated heterocycles. The lowest BCUT2D eigenvalue weighted by Crippen LogP contribution is -2.20. The molecule has 0 atom stereocenters. The second-order valence-electron chi connectivity index (χ2n) is 5.14. The summed E-state index contributed by atoms with van der Waals surface area (Å²) in [4.78, 5) is 0. The quantitative estimate of drug-likeness (QED) is 0.839. The third kappa shape index (κ3) is 4.25. The summed E-state index contributed by atoms with van der Waals surface area (Å²) in [7, 11) is 0. The third-order valence-electron chi connectivity index (χ3n) is 3.64. The van der Waals surface area contributed by atoms with E-state index in [1.807, 2.05) is 6.92 Å². The molecular weight excluding hydrogens is 222 g/mol. The van der Waals surface area contributed by atoms with Gasteiger partial charge in [0, 0.05) is 11.7 Å². The number of benzene rings is 1. The summed E-state index contributed by atoms with van der Waals surface area (Å²) in [6.07, 6.45) is 9.60. The van der Waals surface area contributed by atoms with E-state index in [4.69, 9.17) is 4.74 Å². The molecular formula is C16H25NO. The van der Waals surface area contributed by atoms with Gasteiger partial charge in [0.2, 0.25) is 0 Å². The van der Waals surface area contributed by atoms with E-state index in [2.05, 4.69) is 29.6 Å². The molecule has 18 heavy (non-hydrogen) atoms. The molecule has 0 spiro atoms. The van der Waals surface area contributed by atoms with Crippen LogP contribution in [0.1, 0.15) is 51.9 Å². The number of hydrogen-bond acceptors (Lipinski definition) is 2. The molecule has 1 aliphatic carbocycles. The summed E-state index contributed by atoms with van der Waals surface area (Å²) in [5, 5.41) is 3.66. The van der Waals surface area contributed by atoms with Crippen LogP contribution in [-0.4, -0.2) is 12.6 Å². The van der Waals surface area contributed by atoms with Gasteiger partial charge >= 0.3 is 0 Å². The SMILES string of the molecule is CCOc1ccc(NC2CCCCCCC2)cc1. The molecule has 0 bridgehead atoms. The van der Waals surface area contributed by atoms with Gasteiger partial charge in [0.25, 0.3) is 0 Å². The van der Waals surface area contributed by atoms with E-state index in [-0.39, 0.29) is 0 Å². The van der Waals surface area contributed by atoms with E-state index in [0.717, 1.165) is 12.4 Å². The molecule has 0 radical (unpaired) electrons. The van der Waals surface area contributed by atoms with E-state index in [0.29, 0.717) is 6.04 Å². The van der Waals surface area contributed by atoms with Gasteiger partial charge in [0.1, 0.15) is 5.75 Å². The van der Waals surface area contributed by atoms with Crippen LogP contribution in [0.2, 0.25) is 0 Å². The van der Waals surface area contributed by atoms with Crippen molar-refractivity contribution < 1.29 is 4.74 Å². The molecule has 100 valence electrons. The predicted molar refractivity (Wildman–Crippen MR) is 77.3 cm³/mol. The van der Waals surface area contributed by atoms with Crippen LogP contribution in [0.15, 0.2) is 24.3 Å². The Morgan fingerprint density at radius 3 is 2.22 bits per heavy atom. The van der Waals surface area contributed by atoms with Crippen molar-refractivity contribution in [1.82, 2.24) is 0 Å². The number of rotatable bonds is 4. The van der Waals surface area contributed by atoms with Crippen LogP contribution in [0.25, 0.3) is 0 Å². The van der Waals surface area contributed by atoms with E-state index in [9.17, 15) is 0 Å². The monoisotopic (exact) mass is 247 g/mol. The van der Waals surface area contributed by atoms with Gasteiger partial charge in [-0.05, 0) is 44.0 Å². The summed E-state index contributed by atoms with van der Waals surface area (Å²) in [5.41, 5.74) is 1.23. The van der Waals surface area contributed by atoms with Crippen LogP contribution in [0.3, 0.4) is 0 Å². The van der Waals surface area contributed by atoms with E-state index in [1.54, 1.807) is 0 Å². The summed E-state index contributed by atoms with van der Waals surface area (Å²) >= 11 is 0. The molecule has 0 amide bonds. The molecule has 0 unspecified atom stereocenters. The lowest BCUT2D eigenvalue weighted by molar-refractivity contribution is 0.340. The number of anilines is 1. The summed E-state index contributed by atoms with van der Waals surface area (Å²) in [6, 6.07) is 9.01. The first-order valence-electron chi connectivity index (χ1n) is 7.38. The van der Waals surface area contributed by atoms with Gasteiger partial charge in [-0.2, -0.15) is 0 Å². The maximum atomic E-state index is 5.46. The Bertz CT molecular complexity index is 325. The minimum absolute atomic E-state index is 0.656. The molecule has 0 aliphatic heterocycles. The summed E-state index contributed by atoms with van der Waals surface area (Å²) in [5.74, 6) is 0.959. The second-order valence-corrected chi connectivity index (χ2v) is 5.14. The van der Waals surface area contributed by atoms with Crippen LogP contribution < -0.4 is 10.1 Å². The third-order valence-corrected chi connectivity index (χ3v) is 3.64. The summed E-state index contributed by atoms with van der Waals surface area (Å²) < 4.78 is 5.46. The maximum absolute atomic E-state index is 5.46. The van der Waals surface area contributed by atoms with Crippen molar-refractivity contribution in [3.8, 4) is 5.75 Å². The topological polar surface area (TPSA) is 21.3 Å². The first-order chi connectivity index (χ1) is 8.88. The van der Waals surface area contributed by atoms with Gasteiger partial charge in [-0.1, -0.05) is 32.1 Å². The zero-order chi connectivity index (χ0) is 12.6. The predicted octanol–water partition coefficient (Wildman–Crippen LogP) is 4.61. The number of nitrogens with one attached hydrogen (secondary N) is 1. The van der Waals surface area contributed by atoms with E-state index in [1.165, 1.54) is 50.6 Å². The smallest absolute Gasteiger partial charge is 0.119 e. The maximum Gasteiger partial charge on any atom is 0.119 e. The highest BCUT2D eigenvalue weighted by atomic mass is 16.5. The minimum atomic E-state index is 0.656. The molecule has 1 fully saturated rings. The molecule has 2 heteroatoms. The largest absolute Gasteiger partial charge is 0.494 e. The van der Waals surface area contributed by atoms with Crippen molar-refractivity contribution in [2.75, 3.05) is 11.9 Å². The van der Waals surface area contributed by atoms with E-state index >= 15 is 0 Å². The number of hydrogen-bond donors (Lipinski definition) is 1. The fraction of sp³-hybridized carbons (Fsp3) is 0.625. The average Bonchev–Trinajstić information content (AvgIpc) is 2.35. The van der Waals surface area contributed by atoms with Crippen molar-refractivity contribution in [1.29, 1.82) is 0 Å². The van der Waals surface area contributed by atoms with Crippen molar-refractivity contribution in [3.63, 3.8) is 0 Å². The van der Waals surface area contributed by atoms with Crippen molar-refractivity contribution in [2.45, 2.75) is 57.9 Å². The zero-order valence-corrected chi connectivity index (χ0v) is 11.5. The fourth-order valence-electron chi connectivity index (χ4n) is 2.65. The van der Waals surface area contributed by atoms with E-state index < -0.39 is 0 Å². The molecule has 1 aliphatic rings. The lowest BCUT2D eigenvalue weighted by atomic mass is 9.96. The van der Waals surface area contributed by atoms with Crippen molar-refractivity contribution in [3.05, 3.63) is 24.3 Å². The zero-order valence-electron chi connectivity index (χ0n) is 11.5. The Morgan fingerprint density at radius 2 is 1.61 bits per heavy atom. The van der Waals surface area contributed by atoms with Crippen molar-refractivity contribution in [2.24, 2.45) is 0 Å². The van der Waals surface area contributed by atoms with Gasteiger partial charge in [-0.25, -0.2) is 0 Å². The van der Waals surface area contributed by atoms with Crippen LogP contribution in [0, 0.1) is 0 Å². The Morgan fingerprint density at radius 1 is 1.00 bits per heavy atom. The van der Waals surface area contributed by atoms with Gasteiger partial charge < -0.3 is 10.1 Å². The van der Waals surface area contributed by atoms with Gasteiger partial charge in [-0.3, -0.25) is 0 Å². The standard InChI is InChI=1S/C16H25NO/c1-2-18-16-12-10-15(11-13-16)17-14-8-6-4-3-5-7-9-14/h10-14,17H,2-9H2,1H3. The fourth-order valence-corrected chi connectivity index (χ4v) is 2.65. The first kappa shape index (κ1) is 13.3. The Balaban J connectivity index is 1.86. The molecule has 2 rings (SSSR count). The molecule has 2 nitrogen and oxygen atoms in total. The lowest BCUT2D eigenvalue weighted by Gasteiger charge is -2.22. The first-order valence-corrected chi connectivity index (χ1v) is 7.38. The van der Waals surface area contributed by atoms with Gasteiger partial charge in [-0.15, -0.1) is 0 Å². The van der Waals surface area contributed by atoms with Crippen LogP contribution in [0.5, 0.6) is 5.75 Å². The summed E-state index contributed by atoms with van der Waals surface area (Å²) in [6.45, 7) is 2.75. The highest BCUT2D eigenvalue weighted by molar-refractivity contribution is 5.47. The minimum Gasteiger partial charge on any atom is -0.494 e. The Hall–Kier alpha value is -1.18. The molecule has 0 aromatic heterocycles. The second kappa shape index (κ2) is 7.30. The van der Waals surface area contributed by atoms with Crippen molar-refractivity contribution >= 4 is 5.69 Å². The molecule has 0 heterocycles. The van der Waals surface area contributed by atoms with Crippen LogP contribution in [-0.2, 0) is 0 Å². The Labute approximate surface area is 111 Å².